The van der Waals surface area contributed by atoms with Gasteiger partial charge in [-0.2, -0.15) is 0 Å². The Kier molecular flexibility index (Phi) is 3.46. The van der Waals surface area contributed by atoms with Gasteiger partial charge in [-0.1, -0.05) is 0 Å². The zero-order valence-corrected chi connectivity index (χ0v) is 11.1. The van der Waals surface area contributed by atoms with Crippen LogP contribution in [0.15, 0.2) is 0 Å². The van der Waals surface area contributed by atoms with Crippen LogP contribution < -0.4 is 0 Å². The molecule has 98 valence electrons. The number of nitrogens with zero attached hydrogens (tertiary/aromatic N) is 2. The number of hydrogen-bond acceptors (Lipinski definition) is 3. The molecule has 4 heteroatoms. The van der Waals surface area contributed by atoms with Crippen LogP contribution in [-0.4, -0.2) is 59.1 Å². The van der Waals surface area contributed by atoms with Crippen molar-refractivity contribution in [3.05, 3.63) is 0 Å². The molecule has 2 rings (SSSR count). The Labute approximate surface area is 104 Å². The second-order valence-corrected chi connectivity index (χ2v) is 6.20. The van der Waals surface area contributed by atoms with Crippen molar-refractivity contribution in [3.63, 3.8) is 0 Å². The summed E-state index contributed by atoms with van der Waals surface area (Å²) in [5.74, 6) is 0.445. The van der Waals surface area contributed by atoms with Crippen molar-refractivity contribution in [2.45, 2.75) is 44.8 Å². The van der Waals surface area contributed by atoms with Gasteiger partial charge in [-0.25, -0.2) is 0 Å². The highest BCUT2D eigenvalue weighted by Crippen LogP contribution is 2.30. The van der Waals surface area contributed by atoms with Crippen molar-refractivity contribution >= 4 is 5.91 Å². The number of piperidine rings is 1. The summed E-state index contributed by atoms with van der Waals surface area (Å²) in [6, 6.07) is 0. The van der Waals surface area contributed by atoms with E-state index >= 15 is 0 Å². The van der Waals surface area contributed by atoms with E-state index in [0.29, 0.717) is 13.0 Å². The minimum Gasteiger partial charge on any atom is -0.393 e. The maximum Gasteiger partial charge on any atom is 0.227 e. The number of likely N-dealkylation sites (tertiary alicyclic amines) is 2. The highest BCUT2D eigenvalue weighted by Gasteiger charge is 2.40. The lowest BCUT2D eigenvalue weighted by Crippen LogP contribution is -2.55. The number of aliphatic hydroxyl groups is 1. The first-order valence-electron chi connectivity index (χ1n) is 6.58. The van der Waals surface area contributed by atoms with E-state index in [9.17, 15) is 9.90 Å². The van der Waals surface area contributed by atoms with Gasteiger partial charge in [0.2, 0.25) is 5.91 Å². The average molecular weight is 240 g/mol. The van der Waals surface area contributed by atoms with Crippen LogP contribution >= 0.6 is 0 Å². The minimum atomic E-state index is -0.250. The molecule has 0 aromatic carbocycles. The molecule has 0 bridgehead atoms. The van der Waals surface area contributed by atoms with Crippen molar-refractivity contribution in [1.82, 2.24) is 9.80 Å². The maximum absolute atomic E-state index is 12.5. The lowest BCUT2D eigenvalue weighted by Gasteiger charge is -2.45. The van der Waals surface area contributed by atoms with Crippen molar-refractivity contribution in [2.75, 3.05) is 26.7 Å². The summed E-state index contributed by atoms with van der Waals surface area (Å²) in [5.41, 5.74) is -0.199. The first-order valence-corrected chi connectivity index (χ1v) is 6.58. The smallest absolute Gasteiger partial charge is 0.227 e. The summed E-state index contributed by atoms with van der Waals surface area (Å²) in [4.78, 5) is 16.7. The molecule has 0 saturated carbocycles. The number of carbonyl (C=O) groups excluding carboxylic acids is 1. The molecular weight excluding hydrogens is 216 g/mol. The van der Waals surface area contributed by atoms with E-state index in [0.717, 1.165) is 25.9 Å². The van der Waals surface area contributed by atoms with Crippen molar-refractivity contribution in [3.8, 4) is 0 Å². The maximum atomic E-state index is 12.5. The molecule has 2 saturated heterocycles. The Morgan fingerprint density at radius 1 is 1.29 bits per heavy atom. The van der Waals surface area contributed by atoms with E-state index in [4.69, 9.17) is 0 Å². The van der Waals surface area contributed by atoms with Gasteiger partial charge in [-0.3, -0.25) is 4.79 Å². The number of amides is 1. The van der Waals surface area contributed by atoms with Crippen LogP contribution in [0, 0.1) is 5.92 Å². The normalized spacial score (nSPS) is 34.0. The number of aliphatic hydroxyl groups excluding tert-OH is 1. The summed E-state index contributed by atoms with van der Waals surface area (Å²) in [5, 5.41) is 9.71. The largest absolute Gasteiger partial charge is 0.393 e. The van der Waals surface area contributed by atoms with Gasteiger partial charge in [0, 0.05) is 18.6 Å². The van der Waals surface area contributed by atoms with Crippen LogP contribution in [0.25, 0.3) is 0 Å². The van der Waals surface area contributed by atoms with E-state index in [2.05, 4.69) is 25.8 Å². The van der Waals surface area contributed by atoms with Crippen LogP contribution in [0.1, 0.15) is 33.1 Å². The van der Waals surface area contributed by atoms with Gasteiger partial charge in [0.15, 0.2) is 0 Å². The Balaban J connectivity index is 2.03. The fourth-order valence-electron chi connectivity index (χ4n) is 3.14. The molecule has 2 aliphatic rings. The monoisotopic (exact) mass is 240 g/mol. The summed E-state index contributed by atoms with van der Waals surface area (Å²) in [6.45, 7) is 6.73. The summed E-state index contributed by atoms with van der Waals surface area (Å²) >= 11 is 0. The molecule has 4 nitrogen and oxygen atoms in total. The predicted octanol–water partition coefficient (Wildman–Crippen LogP) is 0.700. The highest BCUT2D eigenvalue weighted by atomic mass is 16.3. The van der Waals surface area contributed by atoms with Gasteiger partial charge in [-0.05, 0) is 46.7 Å². The average Bonchev–Trinajstić information content (AvgIpc) is 2.62. The Morgan fingerprint density at radius 3 is 2.53 bits per heavy atom. The molecule has 0 spiro atoms. The first kappa shape index (κ1) is 12.8. The molecule has 0 aromatic heterocycles. The Bertz CT molecular complexity index is 304. The fourth-order valence-corrected chi connectivity index (χ4v) is 3.14. The van der Waals surface area contributed by atoms with Crippen molar-refractivity contribution in [1.29, 1.82) is 0 Å². The van der Waals surface area contributed by atoms with E-state index in [1.807, 2.05) is 4.90 Å². The zero-order chi connectivity index (χ0) is 12.6. The molecular formula is C13H24N2O2. The molecule has 0 aromatic rings. The molecule has 2 aliphatic heterocycles. The van der Waals surface area contributed by atoms with Crippen LogP contribution in [0.2, 0.25) is 0 Å². The van der Waals surface area contributed by atoms with Gasteiger partial charge in [0.05, 0.1) is 12.0 Å². The predicted molar refractivity (Wildman–Crippen MR) is 66.6 cm³/mol. The third-order valence-corrected chi connectivity index (χ3v) is 4.16. The lowest BCUT2D eigenvalue weighted by atomic mass is 9.87. The minimum absolute atomic E-state index is 0.162. The van der Waals surface area contributed by atoms with Crippen LogP contribution in [0.4, 0.5) is 0 Å². The molecule has 1 amide bonds. The highest BCUT2D eigenvalue weighted by molar-refractivity contribution is 5.80. The van der Waals surface area contributed by atoms with Crippen molar-refractivity contribution in [2.24, 2.45) is 5.92 Å². The second-order valence-electron chi connectivity index (χ2n) is 6.20. The number of rotatable bonds is 1. The third-order valence-electron chi connectivity index (χ3n) is 4.16. The third kappa shape index (κ3) is 2.63. The van der Waals surface area contributed by atoms with E-state index in [-0.39, 0.29) is 23.5 Å². The molecule has 0 radical (unpaired) electrons. The van der Waals surface area contributed by atoms with E-state index in [1.54, 1.807) is 0 Å². The van der Waals surface area contributed by atoms with Gasteiger partial charge >= 0.3 is 0 Å². The van der Waals surface area contributed by atoms with Crippen LogP contribution in [-0.2, 0) is 4.79 Å². The molecule has 17 heavy (non-hydrogen) atoms. The van der Waals surface area contributed by atoms with Gasteiger partial charge < -0.3 is 14.9 Å². The SMILES string of the molecule is CN1CCC(C(=O)N2CCC(O)CC2(C)C)C1. The number of carbonyl (C=O) groups is 1. The van der Waals surface area contributed by atoms with Crippen LogP contribution in [0.5, 0.6) is 0 Å². The Morgan fingerprint density at radius 2 is 2.00 bits per heavy atom. The van der Waals surface area contributed by atoms with E-state index < -0.39 is 0 Å². The molecule has 0 aliphatic carbocycles. The second kappa shape index (κ2) is 4.58. The number of hydrogen-bond donors (Lipinski definition) is 1. The summed E-state index contributed by atoms with van der Waals surface area (Å²) in [7, 11) is 2.07. The summed E-state index contributed by atoms with van der Waals surface area (Å²) in [6.07, 6.45) is 2.14. The molecule has 1 N–H and O–H groups in total. The van der Waals surface area contributed by atoms with E-state index in [1.165, 1.54) is 0 Å². The van der Waals surface area contributed by atoms with Gasteiger partial charge in [-0.15, -0.1) is 0 Å². The Hall–Kier alpha value is -0.610. The van der Waals surface area contributed by atoms with Crippen molar-refractivity contribution < 1.29 is 9.90 Å². The van der Waals surface area contributed by atoms with Crippen LogP contribution in [0.3, 0.4) is 0 Å². The topological polar surface area (TPSA) is 43.8 Å². The fraction of sp³-hybridized carbons (Fsp3) is 0.923. The zero-order valence-electron chi connectivity index (χ0n) is 11.1. The van der Waals surface area contributed by atoms with Gasteiger partial charge in [0.25, 0.3) is 0 Å². The molecule has 2 unspecified atom stereocenters. The first-order chi connectivity index (χ1) is 7.90. The molecule has 2 atom stereocenters. The molecule has 2 fully saturated rings. The standard InChI is InChI=1S/C13H24N2O2/c1-13(2)8-11(16)5-7-15(13)12(17)10-4-6-14(3)9-10/h10-11,16H,4-9H2,1-3H3. The lowest BCUT2D eigenvalue weighted by molar-refractivity contribution is -0.145. The molecule has 2 heterocycles. The quantitative estimate of drug-likeness (QED) is 0.734. The van der Waals surface area contributed by atoms with Gasteiger partial charge in [0.1, 0.15) is 0 Å². The summed E-state index contributed by atoms with van der Waals surface area (Å²) < 4.78 is 0.